The number of nitrogens with zero attached hydrogens (tertiary/aromatic N) is 3. The average Bonchev–Trinajstić information content (AvgIpc) is 2.72. The molecule has 1 unspecified atom stereocenters. The van der Waals surface area contributed by atoms with Gasteiger partial charge in [-0.2, -0.15) is 0 Å². The van der Waals surface area contributed by atoms with Gasteiger partial charge in [-0.25, -0.2) is 4.98 Å². The number of rotatable bonds is 7. The third kappa shape index (κ3) is 5.30. The molecule has 1 aromatic carbocycles. The Morgan fingerprint density at radius 2 is 1.85 bits per heavy atom. The lowest BCUT2D eigenvalue weighted by Gasteiger charge is -2.33. The highest BCUT2D eigenvalue weighted by Crippen LogP contribution is 2.21. The Morgan fingerprint density at radius 3 is 2.48 bits per heavy atom. The summed E-state index contributed by atoms with van der Waals surface area (Å²) < 4.78 is 0. The van der Waals surface area contributed by atoms with Gasteiger partial charge in [0.2, 0.25) is 5.91 Å². The van der Waals surface area contributed by atoms with Gasteiger partial charge in [-0.15, -0.1) is 0 Å². The van der Waals surface area contributed by atoms with Crippen LogP contribution in [0.15, 0.2) is 48.7 Å². The second kappa shape index (κ2) is 9.51. The molecule has 27 heavy (non-hydrogen) atoms. The summed E-state index contributed by atoms with van der Waals surface area (Å²) in [6.45, 7) is 6.78. The van der Waals surface area contributed by atoms with Gasteiger partial charge in [0.15, 0.2) is 0 Å². The van der Waals surface area contributed by atoms with Crippen molar-refractivity contribution in [3.8, 4) is 0 Å². The molecule has 144 valence electrons. The fraction of sp³-hybridized carbons (Fsp3) is 0.455. The Balaban J connectivity index is 1.56. The van der Waals surface area contributed by atoms with Crippen LogP contribution in [-0.2, 0) is 11.3 Å². The van der Waals surface area contributed by atoms with E-state index in [4.69, 9.17) is 0 Å². The minimum absolute atomic E-state index is 0.0891. The largest absolute Gasteiger partial charge is 0.354 e. The molecule has 0 saturated carbocycles. The zero-order valence-electron chi connectivity index (χ0n) is 16.4. The number of benzene rings is 1. The summed E-state index contributed by atoms with van der Waals surface area (Å²) in [7, 11) is 2.15. The van der Waals surface area contributed by atoms with Crippen molar-refractivity contribution in [1.82, 2.24) is 15.2 Å². The number of hydrogen-bond acceptors (Lipinski definition) is 4. The summed E-state index contributed by atoms with van der Waals surface area (Å²) >= 11 is 0. The Morgan fingerprint density at radius 1 is 1.11 bits per heavy atom. The van der Waals surface area contributed by atoms with Crippen molar-refractivity contribution >= 4 is 11.7 Å². The van der Waals surface area contributed by atoms with Crippen LogP contribution in [0.2, 0.25) is 0 Å². The standard InChI is InChI=1S/C22H30N4O/c1-3-7-20(19-8-5-4-6-9-19)22(27)24-17-18-10-11-21(23-16-18)26-14-12-25(2)13-15-26/h4-6,8-11,16,20H,3,7,12-15,17H2,1-2H3,(H,24,27). The zero-order chi connectivity index (χ0) is 19.1. The molecule has 3 rings (SSSR count). The van der Waals surface area contributed by atoms with Gasteiger partial charge in [-0.3, -0.25) is 4.79 Å². The number of piperazine rings is 1. The van der Waals surface area contributed by atoms with Gasteiger partial charge in [-0.05, 0) is 30.7 Å². The van der Waals surface area contributed by atoms with Crippen LogP contribution in [0.25, 0.3) is 0 Å². The maximum atomic E-state index is 12.7. The molecule has 1 amide bonds. The van der Waals surface area contributed by atoms with Crippen molar-refractivity contribution < 1.29 is 4.79 Å². The molecule has 1 aromatic heterocycles. The van der Waals surface area contributed by atoms with Crippen molar-refractivity contribution in [1.29, 1.82) is 0 Å². The SMILES string of the molecule is CCCC(C(=O)NCc1ccc(N2CCN(C)CC2)nc1)c1ccccc1. The fourth-order valence-electron chi connectivity index (χ4n) is 3.48. The van der Waals surface area contributed by atoms with E-state index in [0.29, 0.717) is 6.54 Å². The molecule has 0 radical (unpaired) electrons. The molecular formula is C22H30N4O. The zero-order valence-corrected chi connectivity index (χ0v) is 16.4. The molecule has 1 atom stereocenters. The molecule has 2 heterocycles. The molecule has 0 spiro atoms. The van der Waals surface area contributed by atoms with Gasteiger partial charge in [0, 0.05) is 38.9 Å². The third-order valence-corrected chi connectivity index (χ3v) is 5.20. The molecular weight excluding hydrogens is 336 g/mol. The molecule has 5 nitrogen and oxygen atoms in total. The lowest BCUT2D eigenvalue weighted by molar-refractivity contribution is -0.122. The molecule has 0 bridgehead atoms. The fourth-order valence-corrected chi connectivity index (χ4v) is 3.48. The van der Waals surface area contributed by atoms with Crippen LogP contribution in [0, 0.1) is 0 Å². The first-order valence-corrected chi connectivity index (χ1v) is 9.88. The normalized spacial score (nSPS) is 16.1. The number of carbonyl (C=O) groups excluding carboxylic acids is 1. The maximum absolute atomic E-state index is 12.7. The van der Waals surface area contributed by atoms with E-state index in [1.165, 1.54) is 0 Å². The number of amides is 1. The number of anilines is 1. The molecule has 1 N–H and O–H groups in total. The lowest BCUT2D eigenvalue weighted by Crippen LogP contribution is -2.44. The van der Waals surface area contributed by atoms with Gasteiger partial charge in [0.25, 0.3) is 0 Å². The van der Waals surface area contributed by atoms with E-state index in [1.54, 1.807) is 0 Å². The van der Waals surface area contributed by atoms with Crippen LogP contribution in [0.5, 0.6) is 0 Å². The van der Waals surface area contributed by atoms with Gasteiger partial charge >= 0.3 is 0 Å². The van der Waals surface area contributed by atoms with Crippen LogP contribution in [0.4, 0.5) is 5.82 Å². The van der Waals surface area contributed by atoms with E-state index < -0.39 is 0 Å². The van der Waals surface area contributed by atoms with Crippen molar-refractivity contribution in [2.75, 3.05) is 38.1 Å². The first-order valence-electron chi connectivity index (χ1n) is 9.88. The number of hydrogen-bond donors (Lipinski definition) is 1. The average molecular weight is 367 g/mol. The second-order valence-corrected chi connectivity index (χ2v) is 7.28. The minimum atomic E-state index is -0.0891. The minimum Gasteiger partial charge on any atom is -0.354 e. The van der Waals surface area contributed by atoms with Crippen LogP contribution >= 0.6 is 0 Å². The third-order valence-electron chi connectivity index (χ3n) is 5.20. The molecule has 0 aliphatic carbocycles. The van der Waals surface area contributed by atoms with Gasteiger partial charge in [-0.1, -0.05) is 49.7 Å². The molecule has 1 aliphatic heterocycles. The molecule has 1 aliphatic rings. The van der Waals surface area contributed by atoms with E-state index in [-0.39, 0.29) is 11.8 Å². The van der Waals surface area contributed by atoms with E-state index in [0.717, 1.165) is 56.0 Å². The highest BCUT2D eigenvalue weighted by Gasteiger charge is 2.19. The maximum Gasteiger partial charge on any atom is 0.227 e. The Hall–Kier alpha value is -2.40. The summed E-state index contributed by atoms with van der Waals surface area (Å²) in [4.78, 5) is 22.0. The quantitative estimate of drug-likeness (QED) is 0.818. The summed E-state index contributed by atoms with van der Waals surface area (Å²) in [5.41, 5.74) is 2.12. The number of likely N-dealkylation sites (N-methyl/N-ethyl adjacent to an activating group) is 1. The van der Waals surface area contributed by atoms with Crippen molar-refractivity contribution in [2.45, 2.75) is 32.2 Å². The molecule has 1 fully saturated rings. The predicted octanol–water partition coefficient (Wildman–Crippen LogP) is 3.03. The van der Waals surface area contributed by atoms with Crippen LogP contribution < -0.4 is 10.2 Å². The first-order chi connectivity index (χ1) is 13.2. The molecule has 1 saturated heterocycles. The summed E-state index contributed by atoms with van der Waals surface area (Å²) in [5, 5.41) is 3.09. The van der Waals surface area contributed by atoms with Crippen molar-refractivity contribution in [2.24, 2.45) is 0 Å². The summed E-state index contributed by atoms with van der Waals surface area (Å²) in [5.74, 6) is 1.02. The van der Waals surface area contributed by atoms with E-state index in [1.807, 2.05) is 36.5 Å². The smallest absolute Gasteiger partial charge is 0.227 e. The van der Waals surface area contributed by atoms with Gasteiger partial charge < -0.3 is 15.1 Å². The topological polar surface area (TPSA) is 48.5 Å². The highest BCUT2D eigenvalue weighted by atomic mass is 16.1. The highest BCUT2D eigenvalue weighted by molar-refractivity contribution is 5.83. The van der Waals surface area contributed by atoms with Crippen LogP contribution in [0.1, 0.15) is 36.8 Å². The van der Waals surface area contributed by atoms with Crippen molar-refractivity contribution in [3.05, 3.63) is 59.8 Å². The second-order valence-electron chi connectivity index (χ2n) is 7.28. The van der Waals surface area contributed by atoms with E-state index in [2.05, 4.69) is 46.2 Å². The Labute approximate surface area is 162 Å². The predicted molar refractivity (Wildman–Crippen MR) is 110 cm³/mol. The number of aromatic nitrogens is 1. The number of nitrogens with one attached hydrogen (secondary N) is 1. The van der Waals surface area contributed by atoms with Crippen molar-refractivity contribution in [3.63, 3.8) is 0 Å². The molecule has 2 aromatic rings. The Kier molecular flexibility index (Phi) is 6.82. The lowest BCUT2D eigenvalue weighted by atomic mass is 9.93. The van der Waals surface area contributed by atoms with E-state index in [9.17, 15) is 4.79 Å². The summed E-state index contributed by atoms with van der Waals surface area (Å²) in [6.07, 6.45) is 3.72. The van der Waals surface area contributed by atoms with Crippen LogP contribution in [-0.4, -0.2) is 49.0 Å². The number of pyridine rings is 1. The number of carbonyl (C=O) groups is 1. The van der Waals surface area contributed by atoms with Gasteiger partial charge in [0.05, 0.1) is 5.92 Å². The monoisotopic (exact) mass is 366 g/mol. The van der Waals surface area contributed by atoms with E-state index >= 15 is 0 Å². The Bertz CT molecular complexity index is 709. The molecule has 5 heteroatoms. The summed E-state index contributed by atoms with van der Waals surface area (Å²) in [6, 6.07) is 14.2. The first kappa shape index (κ1) is 19.4. The van der Waals surface area contributed by atoms with Crippen LogP contribution in [0.3, 0.4) is 0 Å². The van der Waals surface area contributed by atoms with Gasteiger partial charge in [0.1, 0.15) is 5.82 Å².